The van der Waals surface area contributed by atoms with E-state index in [2.05, 4.69) is 15.8 Å². The molecule has 0 aliphatic heterocycles. The Morgan fingerprint density at radius 1 is 0.963 bits per heavy atom. The van der Waals surface area contributed by atoms with E-state index in [-0.39, 0.29) is 12.5 Å². The number of nitrogens with one attached hydrogen (secondary N) is 2. The minimum Gasteiger partial charge on any atom is -0.495 e. The van der Waals surface area contributed by atoms with E-state index >= 15 is 0 Å². The van der Waals surface area contributed by atoms with Crippen LogP contribution in [0.2, 0.25) is 0 Å². The van der Waals surface area contributed by atoms with Gasteiger partial charge in [-0.3, -0.25) is 4.79 Å². The average molecular weight is 373 g/mol. The minimum absolute atomic E-state index is 0.0486. The lowest BCUT2D eigenvalue weighted by atomic mass is 10.2. The maximum absolute atomic E-state index is 12.0. The number of amides is 1. The molecule has 27 heavy (non-hydrogen) atoms. The first-order chi connectivity index (χ1) is 13.1. The van der Waals surface area contributed by atoms with Crippen LogP contribution < -0.4 is 29.7 Å². The van der Waals surface area contributed by atoms with Crippen molar-refractivity contribution < 1.29 is 23.7 Å². The predicted molar refractivity (Wildman–Crippen MR) is 103 cm³/mol. The molecule has 144 valence electrons. The summed E-state index contributed by atoms with van der Waals surface area (Å²) in [5, 5.41) is 6.95. The highest BCUT2D eigenvalue weighted by atomic mass is 16.5. The second kappa shape index (κ2) is 9.91. The molecule has 0 heterocycles. The summed E-state index contributed by atoms with van der Waals surface area (Å²) in [4.78, 5) is 12.0. The number of hydrogen-bond acceptors (Lipinski definition) is 7. The molecule has 2 rings (SSSR count). The molecular weight excluding hydrogens is 350 g/mol. The third-order valence-electron chi connectivity index (χ3n) is 3.64. The Balaban J connectivity index is 1.97. The number of anilines is 1. The second-order valence-corrected chi connectivity index (χ2v) is 5.31. The summed E-state index contributed by atoms with van der Waals surface area (Å²) in [6.07, 6.45) is 1.49. The van der Waals surface area contributed by atoms with Crippen molar-refractivity contribution in [3.8, 4) is 23.0 Å². The van der Waals surface area contributed by atoms with Gasteiger partial charge in [0.25, 0.3) is 5.91 Å². The normalized spacial score (nSPS) is 10.4. The van der Waals surface area contributed by atoms with Gasteiger partial charge in [0.1, 0.15) is 5.75 Å². The first-order valence-corrected chi connectivity index (χ1v) is 8.11. The van der Waals surface area contributed by atoms with Gasteiger partial charge in [-0.05, 0) is 24.3 Å². The number of nitrogens with zero attached hydrogens (tertiary/aromatic N) is 1. The van der Waals surface area contributed by atoms with E-state index in [9.17, 15) is 4.79 Å². The number of ether oxygens (including phenoxy) is 4. The molecule has 0 unspecified atom stereocenters. The summed E-state index contributed by atoms with van der Waals surface area (Å²) in [6.45, 7) is 0.0486. The van der Waals surface area contributed by atoms with Crippen LogP contribution in [0.5, 0.6) is 23.0 Å². The van der Waals surface area contributed by atoms with Gasteiger partial charge in [-0.15, -0.1) is 0 Å². The zero-order chi connectivity index (χ0) is 19.6. The Labute approximate surface area is 158 Å². The standard InChI is InChI=1S/C19H23N3O5/c1-24-15-8-6-5-7-14(15)20-12-18(23)22-21-11-13-9-16(25-2)19(27-4)17(10-13)26-3/h5-11,20H,12H2,1-4H3,(H,22,23)/b21-11+. The van der Waals surface area contributed by atoms with Crippen LogP contribution in [0.4, 0.5) is 5.69 Å². The van der Waals surface area contributed by atoms with Crippen molar-refractivity contribution in [3.63, 3.8) is 0 Å². The van der Waals surface area contributed by atoms with Crippen LogP contribution in [-0.2, 0) is 4.79 Å². The van der Waals surface area contributed by atoms with E-state index in [0.717, 1.165) is 5.69 Å². The zero-order valence-corrected chi connectivity index (χ0v) is 15.7. The molecule has 1 amide bonds. The Morgan fingerprint density at radius 3 is 2.19 bits per heavy atom. The summed E-state index contributed by atoms with van der Waals surface area (Å²) in [5.41, 5.74) is 3.87. The van der Waals surface area contributed by atoms with Crippen LogP contribution in [0.15, 0.2) is 41.5 Å². The Hall–Kier alpha value is -3.42. The van der Waals surface area contributed by atoms with Gasteiger partial charge in [0.2, 0.25) is 5.75 Å². The number of carbonyl (C=O) groups is 1. The van der Waals surface area contributed by atoms with Gasteiger partial charge in [-0.2, -0.15) is 5.10 Å². The smallest absolute Gasteiger partial charge is 0.259 e. The average Bonchev–Trinajstić information content (AvgIpc) is 2.71. The maximum atomic E-state index is 12.0. The third-order valence-corrected chi connectivity index (χ3v) is 3.64. The van der Waals surface area contributed by atoms with Gasteiger partial charge in [-0.25, -0.2) is 5.43 Å². The molecule has 0 bridgehead atoms. The van der Waals surface area contributed by atoms with Gasteiger partial charge in [0.05, 0.1) is 46.9 Å². The molecular formula is C19H23N3O5. The number of methoxy groups -OCH3 is 4. The number of hydrogen-bond donors (Lipinski definition) is 2. The summed E-state index contributed by atoms with van der Waals surface area (Å²) >= 11 is 0. The Kier molecular flexibility index (Phi) is 7.30. The fraction of sp³-hybridized carbons (Fsp3) is 0.263. The number of carbonyl (C=O) groups excluding carboxylic acids is 1. The van der Waals surface area contributed by atoms with Crippen LogP contribution in [-0.4, -0.2) is 47.1 Å². The van der Waals surface area contributed by atoms with E-state index < -0.39 is 0 Å². The van der Waals surface area contributed by atoms with E-state index in [4.69, 9.17) is 18.9 Å². The van der Waals surface area contributed by atoms with E-state index in [1.165, 1.54) is 27.5 Å². The second-order valence-electron chi connectivity index (χ2n) is 5.31. The highest BCUT2D eigenvalue weighted by molar-refractivity contribution is 5.85. The number of rotatable bonds is 9. The molecule has 8 heteroatoms. The number of hydrazone groups is 1. The molecule has 0 radical (unpaired) electrons. The molecule has 2 aromatic rings. The topological polar surface area (TPSA) is 90.4 Å². The molecule has 0 atom stereocenters. The molecule has 0 saturated carbocycles. The van der Waals surface area contributed by atoms with Gasteiger partial charge < -0.3 is 24.3 Å². The van der Waals surface area contributed by atoms with Crippen molar-refractivity contribution in [1.29, 1.82) is 0 Å². The SMILES string of the molecule is COc1ccccc1NCC(=O)N/N=C/c1cc(OC)c(OC)c(OC)c1. The minimum atomic E-state index is -0.301. The molecule has 2 N–H and O–H groups in total. The molecule has 8 nitrogen and oxygen atoms in total. The van der Waals surface area contributed by atoms with Crippen LogP contribution in [0.25, 0.3) is 0 Å². The maximum Gasteiger partial charge on any atom is 0.259 e. The predicted octanol–water partition coefficient (Wildman–Crippen LogP) is 2.28. The Bertz CT molecular complexity index is 783. The largest absolute Gasteiger partial charge is 0.495 e. The van der Waals surface area contributed by atoms with Gasteiger partial charge in [0.15, 0.2) is 11.5 Å². The van der Waals surface area contributed by atoms with Crippen molar-refractivity contribution in [2.24, 2.45) is 5.10 Å². The van der Waals surface area contributed by atoms with Crippen molar-refractivity contribution in [3.05, 3.63) is 42.0 Å². The van der Waals surface area contributed by atoms with Gasteiger partial charge >= 0.3 is 0 Å². The van der Waals surface area contributed by atoms with E-state index in [1.807, 2.05) is 24.3 Å². The number of para-hydroxylation sites is 2. The lowest BCUT2D eigenvalue weighted by Gasteiger charge is -2.12. The van der Waals surface area contributed by atoms with Crippen molar-refractivity contribution in [2.75, 3.05) is 40.3 Å². The van der Waals surface area contributed by atoms with E-state index in [0.29, 0.717) is 28.6 Å². The molecule has 0 fully saturated rings. The van der Waals surface area contributed by atoms with Crippen molar-refractivity contribution in [2.45, 2.75) is 0 Å². The fourth-order valence-corrected chi connectivity index (χ4v) is 2.36. The summed E-state index contributed by atoms with van der Waals surface area (Å²) in [7, 11) is 6.17. The van der Waals surface area contributed by atoms with Crippen molar-refractivity contribution in [1.82, 2.24) is 5.43 Å². The molecule has 2 aromatic carbocycles. The lowest BCUT2D eigenvalue weighted by Crippen LogP contribution is -2.26. The van der Waals surface area contributed by atoms with Crippen LogP contribution in [0.1, 0.15) is 5.56 Å². The quantitative estimate of drug-likeness (QED) is 0.518. The zero-order valence-electron chi connectivity index (χ0n) is 15.7. The monoisotopic (exact) mass is 373 g/mol. The van der Waals surface area contributed by atoms with Gasteiger partial charge in [0, 0.05) is 5.56 Å². The lowest BCUT2D eigenvalue weighted by molar-refractivity contribution is -0.119. The van der Waals surface area contributed by atoms with Crippen LogP contribution in [0.3, 0.4) is 0 Å². The third kappa shape index (κ3) is 5.27. The summed E-state index contributed by atoms with van der Waals surface area (Å²) in [6, 6.07) is 10.8. The first-order valence-electron chi connectivity index (χ1n) is 8.11. The highest BCUT2D eigenvalue weighted by Gasteiger charge is 2.12. The summed E-state index contributed by atoms with van der Waals surface area (Å²) < 4.78 is 21.0. The van der Waals surface area contributed by atoms with Crippen LogP contribution in [0, 0.1) is 0 Å². The van der Waals surface area contributed by atoms with E-state index in [1.54, 1.807) is 19.2 Å². The number of benzene rings is 2. The molecule has 0 spiro atoms. The first kappa shape index (κ1) is 19.9. The molecule has 0 aliphatic rings. The van der Waals surface area contributed by atoms with Crippen LogP contribution >= 0.6 is 0 Å². The van der Waals surface area contributed by atoms with Gasteiger partial charge in [-0.1, -0.05) is 12.1 Å². The molecule has 0 aliphatic carbocycles. The Morgan fingerprint density at radius 2 is 1.59 bits per heavy atom. The van der Waals surface area contributed by atoms with Crippen molar-refractivity contribution >= 4 is 17.8 Å². The molecule has 0 aromatic heterocycles. The fourth-order valence-electron chi connectivity index (χ4n) is 2.36. The summed E-state index contributed by atoms with van der Waals surface area (Å²) in [5.74, 6) is 1.85. The molecule has 0 saturated heterocycles. The highest BCUT2D eigenvalue weighted by Crippen LogP contribution is 2.37.